The fourth-order valence-electron chi connectivity index (χ4n) is 1.75. The molecule has 0 atom stereocenters. The summed E-state index contributed by atoms with van der Waals surface area (Å²) in [5.74, 6) is -0.916. The number of hydrogen-bond donors (Lipinski definition) is 4. The number of carbonyl (C=O) groups excluding carboxylic acids is 1. The summed E-state index contributed by atoms with van der Waals surface area (Å²) in [5.41, 5.74) is 5.54. The summed E-state index contributed by atoms with van der Waals surface area (Å²) in [6, 6.07) is 4.21. The molecule has 5 nitrogen and oxygen atoms in total. The summed E-state index contributed by atoms with van der Waals surface area (Å²) >= 11 is 0. The van der Waals surface area contributed by atoms with Crippen LogP contribution >= 0.6 is 0 Å². The number of phenols is 2. The molecule has 0 aliphatic heterocycles. The van der Waals surface area contributed by atoms with Crippen molar-refractivity contribution in [2.75, 3.05) is 13.1 Å². The van der Waals surface area contributed by atoms with Gasteiger partial charge in [-0.2, -0.15) is 0 Å². The lowest BCUT2D eigenvalue weighted by Gasteiger charge is -2.14. The predicted octanol–water partition coefficient (Wildman–Crippen LogP) is 0.566. The largest absolute Gasteiger partial charge is 0.507 e. The first-order valence-corrected chi connectivity index (χ1v) is 5.57. The van der Waals surface area contributed by atoms with Crippen molar-refractivity contribution in [3.63, 3.8) is 0 Å². The molecule has 0 heterocycles. The van der Waals surface area contributed by atoms with Gasteiger partial charge in [0.15, 0.2) is 0 Å². The van der Waals surface area contributed by atoms with E-state index in [2.05, 4.69) is 5.32 Å². The number of phenolic OH excluding ortho intramolecular Hbond substituents is 2. The van der Waals surface area contributed by atoms with Crippen LogP contribution in [0, 0.1) is 5.41 Å². The van der Waals surface area contributed by atoms with Crippen LogP contribution in [0.1, 0.15) is 23.2 Å². The van der Waals surface area contributed by atoms with Gasteiger partial charge in [-0.05, 0) is 31.5 Å². The van der Waals surface area contributed by atoms with Crippen LogP contribution in [0.15, 0.2) is 18.2 Å². The zero-order valence-electron chi connectivity index (χ0n) is 9.44. The molecule has 2 rings (SSSR count). The molecule has 1 aromatic carbocycles. The number of aromatic hydroxyl groups is 2. The molecule has 0 unspecified atom stereocenters. The van der Waals surface area contributed by atoms with Crippen LogP contribution in [0.3, 0.4) is 0 Å². The predicted molar refractivity (Wildman–Crippen MR) is 62.8 cm³/mol. The maximum absolute atomic E-state index is 11.8. The number of hydrogen-bond acceptors (Lipinski definition) is 4. The monoisotopic (exact) mass is 236 g/mol. The van der Waals surface area contributed by atoms with Gasteiger partial charge in [-0.15, -0.1) is 0 Å². The molecule has 0 aromatic heterocycles. The van der Waals surface area contributed by atoms with Crippen molar-refractivity contribution >= 4 is 5.91 Å². The second-order valence-electron chi connectivity index (χ2n) is 4.56. The van der Waals surface area contributed by atoms with Crippen LogP contribution in [0.4, 0.5) is 0 Å². The molecule has 5 N–H and O–H groups in total. The molecule has 1 aromatic rings. The summed E-state index contributed by atoms with van der Waals surface area (Å²) in [7, 11) is 0. The summed E-state index contributed by atoms with van der Waals surface area (Å²) in [6.45, 7) is 1.02. The topological polar surface area (TPSA) is 95.6 Å². The van der Waals surface area contributed by atoms with E-state index in [1.54, 1.807) is 0 Å². The Hall–Kier alpha value is -1.75. The van der Waals surface area contributed by atoms with Crippen molar-refractivity contribution < 1.29 is 15.0 Å². The van der Waals surface area contributed by atoms with Gasteiger partial charge in [0.05, 0.1) is 0 Å². The van der Waals surface area contributed by atoms with Gasteiger partial charge in [0.25, 0.3) is 5.91 Å². The van der Waals surface area contributed by atoms with E-state index in [0.717, 1.165) is 12.8 Å². The second-order valence-corrected chi connectivity index (χ2v) is 4.56. The van der Waals surface area contributed by atoms with Crippen LogP contribution in [0.2, 0.25) is 0 Å². The van der Waals surface area contributed by atoms with E-state index in [1.165, 1.54) is 18.2 Å². The molecule has 1 aliphatic rings. The van der Waals surface area contributed by atoms with E-state index in [4.69, 9.17) is 5.73 Å². The molecule has 0 saturated heterocycles. The Labute approximate surface area is 99.3 Å². The lowest BCUT2D eigenvalue weighted by molar-refractivity contribution is 0.0940. The van der Waals surface area contributed by atoms with E-state index in [-0.39, 0.29) is 22.5 Å². The van der Waals surface area contributed by atoms with Crippen LogP contribution in [-0.2, 0) is 0 Å². The smallest absolute Gasteiger partial charge is 0.258 e. The van der Waals surface area contributed by atoms with E-state index in [9.17, 15) is 15.0 Å². The fraction of sp³-hybridized carbons (Fsp3) is 0.417. The molecule has 0 spiro atoms. The second kappa shape index (κ2) is 4.25. The first-order chi connectivity index (χ1) is 8.08. The van der Waals surface area contributed by atoms with Crippen molar-refractivity contribution in [2.45, 2.75) is 12.8 Å². The minimum absolute atomic E-state index is 0.0235. The number of carbonyl (C=O) groups is 1. The molecule has 1 fully saturated rings. The highest BCUT2D eigenvalue weighted by Crippen LogP contribution is 2.43. The standard InChI is InChI=1S/C12H16N2O3/c13-6-12(4-5-12)7-14-11(17)10-8(15)2-1-3-9(10)16/h1-3,15-16H,4-7,13H2,(H,14,17). The van der Waals surface area contributed by atoms with E-state index in [1.807, 2.05) is 0 Å². The molecular weight excluding hydrogens is 220 g/mol. The Kier molecular flexibility index (Phi) is 2.93. The molecule has 1 aliphatic carbocycles. The highest BCUT2D eigenvalue weighted by molar-refractivity contribution is 5.99. The maximum Gasteiger partial charge on any atom is 0.258 e. The zero-order chi connectivity index (χ0) is 12.5. The van der Waals surface area contributed by atoms with Crippen LogP contribution in [0.25, 0.3) is 0 Å². The van der Waals surface area contributed by atoms with Crippen molar-refractivity contribution in [1.82, 2.24) is 5.32 Å². The molecule has 92 valence electrons. The number of nitrogens with one attached hydrogen (secondary N) is 1. The van der Waals surface area contributed by atoms with Crippen molar-refractivity contribution in [2.24, 2.45) is 11.1 Å². The minimum Gasteiger partial charge on any atom is -0.507 e. The maximum atomic E-state index is 11.8. The Morgan fingerprint density at radius 1 is 1.35 bits per heavy atom. The van der Waals surface area contributed by atoms with Gasteiger partial charge in [0, 0.05) is 12.0 Å². The number of amides is 1. The average molecular weight is 236 g/mol. The van der Waals surface area contributed by atoms with Gasteiger partial charge in [-0.3, -0.25) is 4.79 Å². The third kappa shape index (κ3) is 2.34. The van der Waals surface area contributed by atoms with Gasteiger partial charge < -0.3 is 21.3 Å². The van der Waals surface area contributed by atoms with Crippen molar-refractivity contribution in [3.05, 3.63) is 23.8 Å². The van der Waals surface area contributed by atoms with E-state index >= 15 is 0 Å². The van der Waals surface area contributed by atoms with Crippen molar-refractivity contribution in [3.8, 4) is 11.5 Å². The lowest BCUT2D eigenvalue weighted by Crippen LogP contribution is -2.33. The van der Waals surface area contributed by atoms with Crippen molar-refractivity contribution in [1.29, 1.82) is 0 Å². The first kappa shape index (κ1) is 11.7. The van der Waals surface area contributed by atoms with Crippen LogP contribution in [-0.4, -0.2) is 29.2 Å². The highest BCUT2D eigenvalue weighted by Gasteiger charge is 2.41. The quantitative estimate of drug-likeness (QED) is 0.614. The van der Waals surface area contributed by atoms with Gasteiger partial charge in [-0.1, -0.05) is 6.07 Å². The lowest BCUT2D eigenvalue weighted by atomic mass is 10.1. The van der Waals surface area contributed by atoms with Gasteiger partial charge in [0.1, 0.15) is 17.1 Å². The van der Waals surface area contributed by atoms with Gasteiger partial charge in [0.2, 0.25) is 0 Å². The Bertz CT molecular complexity index is 421. The SMILES string of the molecule is NCC1(CNC(=O)c2c(O)cccc2O)CC1. The Balaban J connectivity index is 2.05. The van der Waals surface area contributed by atoms with E-state index < -0.39 is 5.91 Å². The first-order valence-electron chi connectivity index (χ1n) is 5.57. The molecule has 5 heteroatoms. The summed E-state index contributed by atoms with van der Waals surface area (Å²) < 4.78 is 0. The normalized spacial score (nSPS) is 16.5. The fourth-order valence-corrected chi connectivity index (χ4v) is 1.75. The highest BCUT2D eigenvalue weighted by atomic mass is 16.3. The summed E-state index contributed by atoms with van der Waals surface area (Å²) in [5, 5.41) is 21.7. The van der Waals surface area contributed by atoms with Crippen LogP contribution in [0.5, 0.6) is 11.5 Å². The minimum atomic E-state index is -0.472. The Morgan fingerprint density at radius 3 is 2.41 bits per heavy atom. The third-order valence-corrected chi connectivity index (χ3v) is 3.26. The zero-order valence-corrected chi connectivity index (χ0v) is 9.44. The Morgan fingerprint density at radius 2 is 1.94 bits per heavy atom. The molecular formula is C12H16N2O3. The number of rotatable bonds is 4. The summed E-state index contributed by atoms with van der Waals surface area (Å²) in [6.07, 6.45) is 2.02. The molecule has 17 heavy (non-hydrogen) atoms. The number of benzene rings is 1. The summed E-state index contributed by atoms with van der Waals surface area (Å²) in [4.78, 5) is 11.8. The van der Waals surface area contributed by atoms with E-state index in [0.29, 0.717) is 13.1 Å². The molecule has 1 amide bonds. The third-order valence-electron chi connectivity index (χ3n) is 3.26. The average Bonchev–Trinajstić information content (AvgIpc) is 3.07. The molecule has 0 bridgehead atoms. The van der Waals surface area contributed by atoms with Gasteiger partial charge in [-0.25, -0.2) is 0 Å². The molecule has 0 radical (unpaired) electrons. The van der Waals surface area contributed by atoms with Gasteiger partial charge >= 0.3 is 0 Å². The molecule has 1 saturated carbocycles. The van der Waals surface area contributed by atoms with Crippen LogP contribution < -0.4 is 11.1 Å². The number of nitrogens with two attached hydrogens (primary N) is 1.